The molecule has 142 valence electrons. The van der Waals surface area contributed by atoms with E-state index in [4.69, 9.17) is 11.5 Å². The summed E-state index contributed by atoms with van der Waals surface area (Å²) in [6, 6.07) is 7.95. The molecule has 0 saturated heterocycles. The molecule has 1 aromatic carbocycles. The van der Waals surface area contributed by atoms with E-state index in [1.807, 2.05) is 47.3 Å². The molecular weight excluding hydrogens is 362 g/mol. The molecule has 0 atom stereocenters. The van der Waals surface area contributed by atoms with Gasteiger partial charge in [0.15, 0.2) is 5.96 Å². The summed E-state index contributed by atoms with van der Waals surface area (Å²) in [4.78, 5) is 23.5. The fraction of sp³-hybridized carbons (Fsp3) is 0.278. The number of thioether (sulfide) groups is 1. The summed E-state index contributed by atoms with van der Waals surface area (Å²) >= 11 is 1.54. The van der Waals surface area contributed by atoms with Crippen molar-refractivity contribution in [2.24, 2.45) is 16.5 Å². The van der Waals surface area contributed by atoms with Crippen LogP contribution in [0.3, 0.4) is 0 Å². The highest BCUT2D eigenvalue weighted by atomic mass is 32.2. The lowest BCUT2D eigenvalue weighted by molar-refractivity contribution is 0.655. The lowest BCUT2D eigenvalue weighted by Crippen LogP contribution is -2.23. The van der Waals surface area contributed by atoms with Crippen molar-refractivity contribution < 1.29 is 0 Å². The Labute approximate surface area is 161 Å². The van der Waals surface area contributed by atoms with Crippen molar-refractivity contribution >= 4 is 23.5 Å². The van der Waals surface area contributed by atoms with E-state index in [2.05, 4.69) is 20.3 Å². The Morgan fingerprint density at radius 3 is 2.78 bits per heavy atom. The molecule has 0 aliphatic heterocycles. The van der Waals surface area contributed by atoms with Crippen molar-refractivity contribution in [3.63, 3.8) is 0 Å². The predicted octanol–water partition coefficient (Wildman–Crippen LogP) is 1.16. The fourth-order valence-corrected chi connectivity index (χ4v) is 3.08. The van der Waals surface area contributed by atoms with Crippen molar-refractivity contribution in [1.82, 2.24) is 19.7 Å². The summed E-state index contributed by atoms with van der Waals surface area (Å²) in [5, 5.41) is 4.21. The molecule has 0 bridgehead atoms. The van der Waals surface area contributed by atoms with E-state index in [0.717, 1.165) is 35.7 Å². The molecule has 0 aliphatic rings. The molecule has 0 saturated carbocycles. The van der Waals surface area contributed by atoms with E-state index in [9.17, 15) is 4.79 Å². The summed E-state index contributed by atoms with van der Waals surface area (Å²) in [5.41, 5.74) is 13.1. The topological polar surface area (TPSA) is 127 Å². The largest absolute Gasteiger partial charge is 0.370 e. The minimum absolute atomic E-state index is 0.124. The van der Waals surface area contributed by atoms with Gasteiger partial charge in [0.2, 0.25) is 5.78 Å². The van der Waals surface area contributed by atoms with Crippen molar-refractivity contribution in [3.8, 4) is 11.1 Å². The lowest BCUT2D eigenvalue weighted by Gasteiger charge is -2.06. The molecule has 8 nitrogen and oxygen atoms in total. The molecule has 0 amide bonds. The summed E-state index contributed by atoms with van der Waals surface area (Å²) in [7, 11) is 0. The summed E-state index contributed by atoms with van der Waals surface area (Å²) in [5.74, 6) is 0.675. The zero-order chi connectivity index (χ0) is 19.2. The van der Waals surface area contributed by atoms with Gasteiger partial charge in [0.25, 0.3) is 5.56 Å². The predicted molar refractivity (Wildman–Crippen MR) is 110 cm³/mol. The Kier molecular flexibility index (Phi) is 6.15. The molecule has 0 aliphatic carbocycles. The first kappa shape index (κ1) is 19.0. The number of benzene rings is 1. The van der Waals surface area contributed by atoms with Gasteiger partial charge in [-0.3, -0.25) is 19.2 Å². The first-order chi connectivity index (χ1) is 13.1. The number of nitrogens with two attached hydrogens (primary N) is 2. The average molecular weight is 385 g/mol. The Balaban J connectivity index is 1.65. The van der Waals surface area contributed by atoms with Crippen LogP contribution in [0.25, 0.3) is 16.9 Å². The van der Waals surface area contributed by atoms with Crippen molar-refractivity contribution in [2.75, 3.05) is 19.3 Å². The second-order valence-electron chi connectivity index (χ2n) is 6.04. The third-order valence-corrected chi connectivity index (χ3v) is 4.67. The number of hydrogen-bond acceptors (Lipinski definition) is 5. The number of fused-ring (bicyclic) bond motifs is 1. The molecule has 9 heteroatoms. The average Bonchev–Trinajstić information content (AvgIpc) is 3.06. The smallest absolute Gasteiger partial charge is 0.260 e. The van der Waals surface area contributed by atoms with Gasteiger partial charge in [-0.1, -0.05) is 24.3 Å². The third-order valence-electron chi connectivity index (χ3n) is 4.06. The second-order valence-corrected chi connectivity index (χ2v) is 6.87. The van der Waals surface area contributed by atoms with Gasteiger partial charge in [0.05, 0.1) is 5.56 Å². The van der Waals surface area contributed by atoms with Gasteiger partial charge >= 0.3 is 0 Å². The highest BCUT2D eigenvalue weighted by Crippen LogP contribution is 2.18. The van der Waals surface area contributed by atoms with Crippen LogP contribution in [0.4, 0.5) is 0 Å². The van der Waals surface area contributed by atoms with Gasteiger partial charge < -0.3 is 16.8 Å². The van der Waals surface area contributed by atoms with Gasteiger partial charge in [-0.15, -0.1) is 11.8 Å². The minimum atomic E-state index is -0.147. The number of aromatic amines is 1. The number of nitrogens with zero attached hydrogens (tertiary/aromatic N) is 3. The summed E-state index contributed by atoms with van der Waals surface area (Å²) < 4.78 is 1.84. The normalized spacial score (nSPS) is 11.0. The number of H-pyrrole nitrogens is 1. The molecule has 0 fully saturated rings. The Morgan fingerprint density at radius 1 is 1.30 bits per heavy atom. The standard InChI is InChI=1S/C18H23N7OS/c1-27-15-11-25-10-14(16(26)24-18(25)23-15)13-5-3-12(4-6-13)9-21-7-2-8-22-17(19)20/h3-6,10-11,21H,2,7-9H2,1H3,(H4,19,20,22)(H,23,24,26). The van der Waals surface area contributed by atoms with Crippen LogP contribution in [0.15, 0.2) is 51.5 Å². The van der Waals surface area contributed by atoms with Crippen molar-refractivity contribution in [1.29, 1.82) is 0 Å². The Bertz CT molecular complexity index is 987. The summed E-state index contributed by atoms with van der Waals surface area (Å²) in [6.07, 6.45) is 6.54. The maximum absolute atomic E-state index is 12.4. The maximum Gasteiger partial charge on any atom is 0.260 e. The first-order valence-electron chi connectivity index (χ1n) is 8.58. The maximum atomic E-state index is 12.4. The molecule has 0 spiro atoms. The molecule has 2 aromatic heterocycles. The van der Waals surface area contributed by atoms with Crippen LogP contribution < -0.4 is 22.3 Å². The molecule has 27 heavy (non-hydrogen) atoms. The fourth-order valence-electron chi connectivity index (χ4n) is 2.68. The number of hydrogen-bond donors (Lipinski definition) is 4. The minimum Gasteiger partial charge on any atom is -0.370 e. The van der Waals surface area contributed by atoms with Gasteiger partial charge in [0, 0.05) is 25.5 Å². The third kappa shape index (κ3) is 4.89. The summed E-state index contributed by atoms with van der Waals surface area (Å²) in [6.45, 7) is 2.19. The van der Waals surface area contributed by atoms with Crippen molar-refractivity contribution in [3.05, 3.63) is 52.6 Å². The van der Waals surface area contributed by atoms with Crippen LogP contribution in [0.5, 0.6) is 0 Å². The molecule has 3 aromatic rings. The first-order valence-corrected chi connectivity index (χ1v) is 9.81. The van der Waals surface area contributed by atoms with Crippen LogP contribution in [0, 0.1) is 0 Å². The highest BCUT2D eigenvalue weighted by molar-refractivity contribution is 7.98. The molecule has 3 rings (SSSR count). The van der Waals surface area contributed by atoms with Gasteiger partial charge in [-0.25, -0.2) is 4.98 Å². The van der Waals surface area contributed by atoms with E-state index in [-0.39, 0.29) is 11.5 Å². The molecule has 0 radical (unpaired) electrons. The van der Waals surface area contributed by atoms with E-state index in [1.165, 1.54) is 11.8 Å². The molecule has 6 N–H and O–H groups in total. The zero-order valence-electron chi connectivity index (χ0n) is 15.1. The number of aliphatic imine (C=N–C) groups is 1. The molecular formula is C18H23N7OS. The number of guanidine groups is 1. The zero-order valence-corrected chi connectivity index (χ0v) is 15.9. The second kappa shape index (κ2) is 8.74. The van der Waals surface area contributed by atoms with Gasteiger partial charge in [-0.2, -0.15) is 0 Å². The van der Waals surface area contributed by atoms with Crippen LogP contribution in [-0.2, 0) is 6.54 Å². The van der Waals surface area contributed by atoms with Crippen LogP contribution in [0.2, 0.25) is 0 Å². The molecule has 0 unspecified atom stereocenters. The van der Waals surface area contributed by atoms with Crippen molar-refractivity contribution in [2.45, 2.75) is 18.0 Å². The quantitative estimate of drug-likeness (QED) is 0.199. The molecule has 2 heterocycles. The number of rotatable bonds is 8. The number of imidazole rings is 1. The van der Waals surface area contributed by atoms with Crippen LogP contribution >= 0.6 is 11.8 Å². The number of nitrogens with one attached hydrogen (secondary N) is 2. The lowest BCUT2D eigenvalue weighted by atomic mass is 10.1. The van der Waals surface area contributed by atoms with Gasteiger partial charge in [0.1, 0.15) is 5.03 Å². The monoisotopic (exact) mass is 385 g/mol. The van der Waals surface area contributed by atoms with E-state index in [0.29, 0.717) is 17.9 Å². The van der Waals surface area contributed by atoms with E-state index < -0.39 is 0 Å². The Morgan fingerprint density at radius 2 is 2.07 bits per heavy atom. The van der Waals surface area contributed by atoms with E-state index in [1.54, 1.807) is 0 Å². The highest BCUT2D eigenvalue weighted by Gasteiger charge is 2.08. The Hall–Kier alpha value is -2.78. The van der Waals surface area contributed by atoms with Crippen LogP contribution in [-0.4, -0.2) is 39.7 Å². The van der Waals surface area contributed by atoms with Crippen LogP contribution in [0.1, 0.15) is 12.0 Å². The number of aromatic nitrogens is 3. The van der Waals surface area contributed by atoms with Gasteiger partial charge in [-0.05, 0) is 30.3 Å². The van der Waals surface area contributed by atoms with E-state index >= 15 is 0 Å². The SMILES string of the molecule is CSc1cn2cc(-c3ccc(CNCCCN=C(N)N)cc3)c(=O)[nH]c2n1.